The first-order chi connectivity index (χ1) is 13.3. The van der Waals surface area contributed by atoms with E-state index in [-0.39, 0.29) is 17.6 Å². The van der Waals surface area contributed by atoms with Crippen LogP contribution in [-0.4, -0.2) is 82.1 Å². The van der Waals surface area contributed by atoms with Gasteiger partial charge in [0.05, 0.1) is 5.92 Å². The lowest BCUT2D eigenvalue weighted by atomic mass is 10.00. The van der Waals surface area contributed by atoms with E-state index >= 15 is 0 Å². The summed E-state index contributed by atoms with van der Waals surface area (Å²) in [6, 6.07) is 0.503. The Hall–Kier alpha value is -2.55. The van der Waals surface area contributed by atoms with Crippen LogP contribution in [-0.2, 0) is 0 Å². The van der Waals surface area contributed by atoms with E-state index in [2.05, 4.69) is 44.0 Å². The summed E-state index contributed by atoms with van der Waals surface area (Å²) in [5.74, 6) is 2.31. The number of hydrogen-bond donors (Lipinski definition) is 0. The number of likely N-dealkylation sites (tertiary alicyclic amines) is 1. The molecule has 0 spiro atoms. The maximum Gasteiger partial charge on any atom is 0.291 e. The molecule has 28 heavy (non-hydrogen) atoms. The van der Waals surface area contributed by atoms with E-state index in [1.807, 2.05) is 13.8 Å². The molecule has 2 aliphatic heterocycles. The first-order valence-electron chi connectivity index (χ1n) is 9.69. The van der Waals surface area contributed by atoms with Gasteiger partial charge in [0.25, 0.3) is 5.91 Å². The Morgan fingerprint density at radius 2 is 1.86 bits per heavy atom. The van der Waals surface area contributed by atoms with Crippen molar-refractivity contribution in [1.29, 1.82) is 0 Å². The molecule has 9 heteroatoms. The number of anilines is 1. The van der Waals surface area contributed by atoms with E-state index < -0.39 is 0 Å². The van der Waals surface area contributed by atoms with E-state index in [0.29, 0.717) is 30.8 Å². The number of amides is 1. The monoisotopic (exact) mass is 385 g/mol. The second-order valence-electron chi connectivity index (χ2n) is 8.02. The number of rotatable bonds is 4. The summed E-state index contributed by atoms with van der Waals surface area (Å²) in [5.41, 5.74) is 1.89. The Labute approximate surface area is 164 Å². The normalized spacial score (nSPS) is 20.1. The lowest BCUT2D eigenvalue weighted by Gasteiger charge is -2.36. The van der Waals surface area contributed by atoms with Crippen LogP contribution in [0.2, 0.25) is 0 Å². The minimum absolute atomic E-state index is 0.0931. The molecule has 4 rings (SSSR count). The largest absolute Gasteiger partial charge is 0.355 e. The van der Waals surface area contributed by atoms with Gasteiger partial charge in [-0.05, 0) is 41.3 Å². The lowest BCUT2D eigenvalue weighted by molar-refractivity contribution is 0.0556. The number of hydrogen-bond acceptors (Lipinski definition) is 8. The quantitative estimate of drug-likeness (QED) is 0.774. The Morgan fingerprint density at radius 1 is 1.11 bits per heavy atom. The van der Waals surface area contributed by atoms with Crippen molar-refractivity contribution in [3.63, 3.8) is 0 Å². The molecule has 2 aromatic rings. The Bertz CT molecular complexity index is 888. The van der Waals surface area contributed by atoms with Crippen LogP contribution < -0.4 is 4.90 Å². The molecule has 2 fully saturated rings. The smallest absolute Gasteiger partial charge is 0.291 e. The SMILES string of the molecule is Cc1noc(C2CN(C(=O)c3nc(C)c(C)c(N4CC[C@@H](N(C)C)C4)n3)C2)n1. The molecule has 1 amide bonds. The molecule has 1 atom stereocenters. The van der Waals surface area contributed by atoms with E-state index in [4.69, 9.17) is 4.52 Å². The Balaban J connectivity index is 1.49. The van der Waals surface area contributed by atoms with Crippen molar-refractivity contribution in [2.45, 2.75) is 39.2 Å². The van der Waals surface area contributed by atoms with Gasteiger partial charge in [0.2, 0.25) is 11.7 Å². The zero-order valence-electron chi connectivity index (χ0n) is 17.1. The highest BCUT2D eigenvalue weighted by atomic mass is 16.5. The van der Waals surface area contributed by atoms with Crippen molar-refractivity contribution in [2.24, 2.45) is 0 Å². The highest BCUT2D eigenvalue weighted by Gasteiger charge is 2.37. The van der Waals surface area contributed by atoms with Crippen LogP contribution >= 0.6 is 0 Å². The maximum atomic E-state index is 12.9. The van der Waals surface area contributed by atoms with Crippen LogP contribution in [0.1, 0.15) is 45.9 Å². The predicted molar refractivity (Wildman–Crippen MR) is 103 cm³/mol. The van der Waals surface area contributed by atoms with E-state index in [1.165, 1.54) is 0 Å². The van der Waals surface area contributed by atoms with Gasteiger partial charge < -0.3 is 19.2 Å². The number of aromatic nitrogens is 4. The van der Waals surface area contributed by atoms with Crippen LogP contribution in [0.3, 0.4) is 0 Å². The van der Waals surface area contributed by atoms with Gasteiger partial charge in [0.1, 0.15) is 5.82 Å². The number of nitrogens with zero attached hydrogens (tertiary/aromatic N) is 7. The number of carbonyl (C=O) groups is 1. The third-order valence-electron chi connectivity index (χ3n) is 5.81. The molecule has 2 aromatic heterocycles. The summed E-state index contributed by atoms with van der Waals surface area (Å²) in [6.45, 7) is 8.72. The van der Waals surface area contributed by atoms with Gasteiger partial charge >= 0.3 is 0 Å². The Kier molecular flexibility index (Phi) is 4.78. The summed E-state index contributed by atoms with van der Waals surface area (Å²) in [5, 5.41) is 3.82. The van der Waals surface area contributed by atoms with Gasteiger partial charge in [-0.3, -0.25) is 4.79 Å². The molecule has 0 unspecified atom stereocenters. The second-order valence-corrected chi connectivity index (χ2v) is 8.02. The number of aryl methyl sites for hydroxylation is 2. The zero-order chi connectivity index (χ0) is 20.0. The highest BCUT2D eigenvalue weighted by Crippen LogP contribution is 2.29. The number of likely N-dealkylation sites (N-methyl/N-ethyl adjacent to an activating group) is 1. The topological polar surface area (TPSA) is 91.5 Å². The van der Waals surface area contributed by atoms with E-state index in [0.717, 1.165) is 36.6 Å². The summed E-state index contributed by atoms with van der Waals surface area (Å²) in [4.78, 5) is 32.6. The minimum Gasteiger partial charge on any atom is -0.355 e. The van der Waals surface area contributed by atoms with Gasteiger partial charge in [0, 0.05) is 43.5 Å². The van der Waals surface area contributed by atoms with E-state index in [9.17, 15) is 4.79 Å². The first kappa shape index (κ1) is 18.8. The third kappa shape index (κ3) is 3.34. The molecule has 9 nitrogen and oxygen atoms in total. The molecular formula is C19H27N7O2. The van der Waals surface area contributed by atoms with Crippen LogP contribution in [0.15, 0.2) is 4.52 Å². The van der Waals surface area contributed by atoms with Crippen molar-refractivity contribution in [3.8, 4) is 0 Å². The standard InChI is InChI=1S/C19H27N7O2/c1-11-12(2)20-16(22-17(11)25-7-6-15(10-25)24(4)5)19(27)26-8-14(9-26)18-21-13(3)23-28-18/h14-15H,6-10H2,1-5H3/t15-/m1/s1. The van der Waals surface area contributed by atoms with Crippen LogP contribution in [0.5, 0.6) is 0 Å². The highest BCUT2D eigenvalue weighted by molar-refractivity contribution is 5.91. The molecule has 0 aliphatic carbocycles. The van der Waals surface area contributed by atoms with Crippen LogP contribution in [0.25, 0.3) is 0 Å². The van der Waals surface area contributed by atoms with Crippen LogP contribution in [0.4, 0.5) is 5.82 Å². The van der Waals surface area contributed by atoms with Crippen molar-refractivity contribution in [1.82, 2.24) is 29.9 Å². The molecule has 0 radical (unpaired) electrons. The summed E-state index contributed by atoms with van der Waals surface area (Å²) >= 11 is 0. The summed E-state index contributed by atoms with van der Waals surface area (Å²) in [6.07, 6.45) is 1.09. The fourth-order valence-corrected chi connectivity index (χ4v) is 3.79. The molecule has 150 valence electrons. The fraction of sp³-hybridized carbons (Fsp3) is 0.632. The molecule has 4 heterocycles. The fourth-order valence-electron chi connectivity index (χ4n) is 3.79. The van der Waals surface area contributed by atoms with Gasteiger partial charge in [-0.1, -0.05) is 5.16 Å². The van der Waals surface area contributed by atoms with Gasteiger partial charge in [-0.2, -0.15) is 4.98 Å². The predicted octanol–water partition coefficient (Wildman–Crippen LogP) is 1.16. The first-order valence-corrected chi connectivity index (χ1v) is 9.69. The average Bonchev–Trinajstić information content (AvgIpc) is 3.25. The lowest BCUT2D eigenvalue weighted by Crippen LogP contribution is -2.49. The average molecular weight is 385 g/mol. The summed E-state index contributed by atoms with van der Waals surface area (Å²) in [7, 11) is 4.21. The molecular weight excluding hydrogens is 358 g/mol. The van der Waals surface area contributed by atoms with Gasteiger partial charge in [-0.15, -0.1) is 0 Å². The molecule has 0 N–H and O–H groups in total. The molecule has 2 aliphatic rings. The maximum absolute atomic E-state index is 12.9. The zero-order valence-corrected chi connectivity index (χ0v) is 17.1. The van der Waals surface area contributed by atoms with Gasteiger partial charge in [-0.25, -0.2) is 9.97 Å². The minimum atomic E-state index is -0.139. The molecule has 0 bridgehead atoms. The van der Waals surface area contributed by atoms with Crippen LogP contribution in [0, 0.1) is 20.8 Å². The Morgan fingerprint density at radius 3 is 2.46 bits per heavy atom. The van der Waals surface area contributed by atoms with E-state index in [1.54, 1.807) is 11.8 Å². The third-order valence-corrected chi connectivity index (χ3v) is 5.81. The number of carbonyl (C=O) groups excluding carboxylic acids is 1. The van der Waals surface area contributed by atoms with Gasteiger partial charge in [0.15, 0.2) is 5.82 Å². The second kappa shape index (κ2) is 7.12. The van der Waals surface area contributed by atoms with Crippen molar-refractivity contribution >= 4 is 11.7 Å². The molecule has 2 saturated heterocycles. The summed E-state index contributed by atoms with van der Waals surface area (Å²) < 4.78 is 5.21. The van der Waals surface area contributed by atoms with Crippen molar-refractivity contribution < 1.29 is 9.32 Å². The molecule has 0 aromatic carbocycles. The van der Waals surface area contributed by atoms with Crippen molar-refractivity contribution in [3.05, 3.63) is 28.8 Å². The molecule has 0 saturated carbocycles. The van der Waals surface area contributed by atoms with Crippen molar-refractivity contribution in [2.75, 3.05) is 45.2 Å².